The van der Waals surface area contributed by atoms with Crippen LogP contribution in [0.15, 0.2) is 36.4 Å². The minimum absolute atomic E-state index is 0.0881. The van der Waals surface area contributed by atoms with E-state index in [4.69, 9.17) is 9.47 Å². The van der Waals surface area contributed by atoms with Crippen LogP contribution in [-0.2, 0) is 17.8 Å². The van der Waals surface area contributed by atoms with E-state index in [9.17, 15) is 9.59 Å². The summed E-state index contributed by atoms with van der Waals surface area (Å²) < 4.78 is 11.5. The molecular weight excluding hydrogens is 356 g/mol. The van der Waals surface area contributed by atoms with E-state index in [1.165, 1.54) is 0 Å². The predicted molar refractivity (Wildman–Crippen MR) is 107 cm³/mol. The molecule has 0 bridgehead atoms. The van der Waals surface area contributed by atoms with Gasteiger partial charge in [-0.1, -0.05) is 17.7 Å². The summed E-state index contributed by atoms with van der Waals surface area (Å²) in [5, 5.41) is 5.47. The van der Waals surface area contributed by atoms with Gasteiger partial charge in [0, 0.05) is 29.7 Å². The molecule has 0 aliphatic carbocycles. The molecule has 6 nitrogen and oxygen atoms in total. The first-order chi connectivity index (χ1) is 13.5. The largest absolute Gasteiger partial charge is 0.494 e. The average Bonchev–Trinajstić information content (AvgIpc) is 3.03. The molecule has 2 amide bonds. The van der Waals surface area contributed by atoms with Crippen molar-refractivity contribution >= 4 is 11.8 Å². The van der Waals surface area contributed by atoms with E-state index in [0.29, 0.717) is 18.7 Å². The number of benzene rings is 2. The summed E-state index contributed by atoms with van der Waals surface area (Å²) in [6.45, 7) is 6.63. The maximum absolute atomic E-state index is 12.2. The van der Waals surface area contributed by atoms with Gasteiger partial charge in [0.1, 0.15) is 17.6 Å². The zero-order valence-electron chi connectivity index (χ0n) is 16.5. The van der Waals surface area contributed by atoms with Gasteiger partial charge in [-0.25, -0.2) is 0 Å². The van der Waals surface area contributed by atoms with Crippen LogP contribution >= 0.6 is 0 Å². The van der Waals surface area contributed by atoms with Crippen LogP contribution in [0.5, 0.6) is 11.5 Å². The Bertz CT molecular complexity index is 879. The second kappa shape index (κ2) is 8.78. The van der Waals surface area contributed by atoms with Crippen LogP contribution in [0.1, 0.15) is 40.9 Å². The Labute approximate surface area is 165 Å². The maximum atomic E-state index is 12.2. The molecule has 148 valence electrons. The van der Waals surface area contributed by atoms with Crippen molar-refractivity contribution in [3.8, 4) is 11.5 Å². The number of rotatable bonds is 7. The highest BCUT2D eigenvalue weighted by Gasteiger charge is 2.22. The number of ether oxygens (including phenoxy) is 2. The van der Waals surface area contributed by atoms with Gasteiger partial charge in [0.05, 0.1) is 13.2 Å². The molecule has 1 heterocycles. The fourth-order valence-corrected chi connectivity index (χ4v) is 3.21. The molecule has 0 unspecified atom stereocenters. The summed E-state index contributed by atoms with van der Waals surface area (Å²) in [6, 6.07) is 11.2. The first-order valence-electron chi connectivity index (χ1n) is 9.53. The Hall–Kier alpha value is -3.02. The second-order valence-electron chi connectivity index (χ2n) is 6.96. The van der Waals surface area contributed by atoms with Crippen molar-refractivity contribution in [1.29, 1.82) is 0 Å². The van der Waals surface area contributed by atoms with Gasteiger partial charge in [0.15, 0.2) is 0 Å². The smallest absolute Gasteiger partial charge is 0.251 e. The molecule has 0 radical (unpaired) electrons. The summed E-state index contributed by atoms with van der Waals surface area (Å²) in [5.74, 6) is 1.06. The van der Waals surface area contributed by atoms with Crippen LogP contribution in [0, 0.1) is 6.92 Å². The van der Waals surface area contributed by atoms with Crippen LogP contribution in [-0.4, -0.2) is 31.1 Å². The predicted octanol–water partition coefficient (Wildman–Crippen LogP) is 2.76. The van der Waals surface area contributed by atoms with Crippen molar-refractivity contribution < 1.29 is 19.1 Å². The average molecular weight is 382 g/mol. The first-order valence-corrected chi connectivity index (χ1v) is 9.53. The number of nitrogens with one attached hydrogen (secondary N) is 2. The van der Waals surface area contributed by atoms with E-state index >= 15 is 0 Å². The quantitative estimate of drug-likeness (QED) is 0.772. The number of aryl methyl sites for hydroxylation is 1. The van der Waals surface area contributed by atoms with E-state index < -0.39 is 0 Å². The van der Waals surface area contributed by atoms with Gasteiger partial charge in [0.2, 0.25) is 5.91 Å². The van der Waals surface area contributed by atoms with Gasteiger partial charge in [-0.3, -0.25) is 9.59 Å². The number of fused-ring (bicyclic) bond motifs is 1. The fourth-order valence-electron chi connectivity index (χ4n) is 3.21. The summed E-state index contributed by atoms with van der Waals surface area (Å²) >= 11 is 0. The van der Waals surface area contributed by atoms with Gasteiger partial charge in [-0.2, -0.15) is 0 Å². The molecule has 3 rings (SSSR count). The lowest BCUT2D eigenvalue weighted by atomic mass is 10.1. The van der Waals surface area contributed by atoms with Crippen LogP contribution in [0.3, 0.4) is 0 Å². The van der Waals surface area contributed by atoms with Gasteiger partial charge < -0.3 is 20.1 Å². The van der Waals surface area contributed by atoms with Crippen molar-refractivity contribution in [2.45, 2.75) is 39.8 Å². The summed E-state index contributed by atoms with van der Waals surface area (Å²) in [4.78, 5) is 24.3. The molecular formula is C22H26N2O4. The second-order valence-corrected chi connectivity index (χ2v) is 6.96. The number of carbonyl (C=O) groups excluding carboxylic acids is 2. The molecule has 2 N–H and O–H groups in total. The van der Waals surface area contributed by atoms with Crippen molar-refractivity contribution in [2.24, 2.45) is 0 Å². The molecule has 0 aromatic heterocycles. The Balaban J connectivity index is 1.57. The topological polar surface area (TPSA) is 76.7 Å². The van der Waals surface area contributed by atoms with E-state index in [-0.39, 0.29) is 24.5 Å². The lowest BCUT2D eigenvalue weighted by molar-refractivity contribution is -0.120. The molecule has 6 heteroatoms. The lowest BCUT2D eigenvalue weighted by Gasteiger charge is -2.13. The molecule has 0 saturated carbocycles. The van der Waals surface area contributed by atoms with Gasteiger partial charge in [-0.15, -0.1) is 0 Å². The Morgan fingerprint density at radius 1 is 1.21 bits per heavy atom. The zero-order chi connectivity index (χ0) is 20.1. The number of amides is 2. The van der Waals surface area contributed by atoms with E-state index in [1.807, 2.05) is 45.0 Å². The minimum Gasteiger partial charge on any atom is -0.494 e. The standard InChI is InChI=1S/C22H26N2O4/c1-4-27-19-10-17-9-15(3)28-20(17)11-18(19)12-23-21(25)13-24-22(26)16-7-5-6-14(2)8-16/h5-8,10-11,15H,4,9,12-13H2,1-3H3,(H,23,25)(H,24,26)/t15-/m0/s1. The highest BCUT2D eigenvalue weighted by atomic mass is 16.5. The van der Waals surface area contributed by atoms with Gasteiger partial charge in [0.25, 0.3) is 5.91 Å². The molecule has 1 atom stereocenters. The highest BCUT2D eigenvalue weighted by molar-refractivity contribution is 5.96. The van der Waals surface area contributed by atoms with Crippen molar-refractivity contribution in [2.75, 3.05) is 13.2 Å². The zero-order valence-corrected chi connectivity index (χ0v) is 16.5. The summed E-state index contributed by atoms with van der Waals surface area (Å²) in [7, 11) is 0. The Morgan fingerprint density at radius 3 is 2.79 bits per heavy atom. The highest BCUT2D eigenvalue weighted by Crippen LogP contribution is 2.35. The Morgan fingerprint density at radius 2 is 2.04 bits per heavy atom. The third-order valence-corrected chi connectivity index (χ3v) is 4.54. The number of hydrogen-bond donors (Lipinski definition) is 2. The SMILES string of the molecule is CCOc1cc2c(cc1CNC(=O)CNC(=O)c1cccc(C)c1)O[C@@H](C)C2. The summed E-state index contributed by atoms with van der Waals surface area (Å²) in [6.07, 6.45) is 0.999. The van der Waals surface area contributed by atoms with Crippen LogP contribution in [0.4, 0.5) is 0 Å². The number of carbonyl (C=O) groups is 2. The van der Waals surface area contributed by atoms with Crippen LogP contribution in [0.2, 0.25) is 0 Å². The van der Waals surface area contributed by atoms with E-state index in [1.54, 1.807) is 12.1 Å². The molecule has 1 aliphatic rings. The van der Waals surface area contributed by atoms with Crippen molar-refractivity contribution in [1.82, 2.24) is 10.6 Å². The molecule has 0 saturated heterocycles. The Kier molecular flexibility index (Phi) is 6.19. The molecule has 2 aromatic carbocycles. The third-order valence-electron chi connectivity index (χ3n) is 4.54. The van der Waals surface area contributed by atoms with Gasteiger partial charge >= 0.3 is 0 Å². The number of hydrogen-bond acceptors (Lipinski definition) is 4. The van der Waals surface area contributed by atoms with E-state index in [2.05, 4.69) is 10.6 Å². The first kappa shape index (κ1) is 19.7. The minimum atomic E-state index is -0.270. The van der Waals surface area contributed by atoms with Crippen LogP contribution < -0.4 is 20.1 Å². The fraction of sp³-hybridized carbons (Fsp3) is 0.364. The van der Waals surface area contributed by atoms with Crippen molar-refractivity contribution in [3.05, 3.63) is 58.7 Å². The molecule has 28 heavy (non-hydrogen) atoms. The molecule has 0 fully saturated rings. The van der Waals surface area contributed by atoms with Crippen LogP contribution in [0.25, 0.3) is 0 Å². The normalized spacial score (nSPS) is 14.8. The van der Waals surface area contributed by atoms with Crippen molar-refractivity contribution in [3.63, 3.8) is 0 Å². The molecule has 1 aliphatic heterocycles. The molecule has 2 aromatic rings. The van der Waals surface area contributed by atoms with Gasteiger partial charge in [-0.05, 0) is 45.0 Å². The maximum Gasteiger partial charge on any atom is 0.251 e. The van der Waals surface area contributed by atoms with E-state index in [0.717, 1.165) is 34.6 Å². The molecule has 0 spiro atoms. The lowest BCUT2D eigenvalue weighted by Crippen LogP contribution is -2.36. The summed E-state index contributed by atoms with van der Waals surface area (Å²) in [5.41, 5.74) is 3.51. The monoisotopic (exact) mass is 382 g/mol. The third kappa shape index (κ3) is 4.82.